The van der Waals surface area contributed by atoms with Crippen LogP contribution in [0, 0.1) is 0 Å². The number of piperazine rings is 1. The van der Waals surface area contributed by atoms with Gasteiger partial charge in [0.1, 0.15) is 5.82 Å². The van der Waals surface area contributed by atoms with E-state index in [0.717, 1.165) is 37.7 Å². The standard InChI is InChI=1S/C17H23N5O/c1-20(14-17(23)21-10-7-18-8-11-21)13-16-19-9-12-22(16)15-5-3-2-4-6-15/h2-6,9,12,18H,7-8,10-11,13-14H2,1H3. The third-order valence-electron chi connectivity index (χ3n) is 4.04. The van der Waals surface area contributed by atoms with Crippen molar-refractivity contribution in [3.63, 3.8) is 0 Å². The van der Waals surface area contributed by atoms with Crippen LogP contribution in [0.4, 0.5) is 0 Å². The van der Waals surface area contributed by atoms with Crippen LogP contribution in [0.3, 0.4) is 0 Å². The molecule has 0 bridgehead atoms. The van der Waals surface area contributed by atoms with Crippen LogP contribution in [0.1, 0.15) is 5.82 Å². The van der Waals surface area contributed by atoms with Gasteiger partial charge in [-0.1, -0.05) is 18.2 Å². The first-order chi connectivity index (χ1) is 11.2. The number of nitrogens with one attached hydrogen (secondary N) is 1. The number of hydrogen-bond acceptors (Lipinski definition) is 4. The summed E-state index contributed by atoms with van der Waals surface area (Å²) in [5.41, 5.74) is 1.09. The maximum absolute atomic E-state index is 12.3. The van der Waals surface area contributed by atoms with Gasteiger partial charge in [0.15, 0.2) is 0 Å². The zero-order chi connectivity index (χ0) is 16.1. The van der Waals surface area contributed by atoms with Crippen molar-refractivity contribution in [2.75, 3.05) is 39.8 Å². The Morgan fingerprint density at radius 1 is 1.26 bits per heavy atom. The molecular weight excluding hydrogens is 290 g/mol. The SMILES string of the molecule is CN(CC(=O)N1CCNCC1)Cc1nccn1-c1ccccc1. The van der Waals surface area contributed by atoms with Gasteiger partial charge in [-0.15, -0.1) is 0 Å². The van der Waals surface area contributed by atoms with Gasteiger partial charge >= 0.3 is 0 Å². The number of nitrogens with zero attached hydrogens (tertiary/aromatic N) is 4. The predicted octanol–water partition coefficient (Wildman–Crippen LogP) is 0.736. The molecule has 1 aliphatic heterocycles. The molecule has 2 heterocycles. The largest absolute Gasteiger partial charge is 0.339 e. The number of carbonyl (C=O) groups excluding carboxylic acids is 1. The Labute approximate surface area is 136 Å². The van der Waals surface area contributed by atoms with E-state index in [-0.39, 0.29) is 5.91 Å². The lowest BCUT2D eigenvalue weighted by molar-refractivity contribution is -0.132. The monoisotopic (exact) mass is 313 g/mol. The van der Waals surface area contributed by atoms with Crippen LogP contribution in [0.5, 0.6) is 0 Å². The highest BCUT2D eigenvalue weighted by molar-refractivity contribution is 5.78. The van der Waals surface area contributed by atoms with E-state index in [1.807, 2.05) is 41.2 Å². The maximum atomic E-state index is 12.3. The quantitative estimate of drug-likeness (QED) is 0.884. The number of aromatic nitrogens is 2. The summed E-state index contributed by atoms with van der Waals surface area (Å²) in [4.78, 5) is 20.7. The number of imidazole rings is 1. The van der Waals surface area contributed by atoms with Crippen molar-refractivity contribution in [3.8, 4) is 5.69 Å². The van der Waals surface area contributed by atoms with Crippen LogP contribution < -0.4 is 5.32 Å². The highest BCUT2D eigenvalue weighted by atomic mass is 16.2. The molecule has 0 atom stereocenters. The second-order valence-electron chi connectivity index (χ2n) is 5.85. The molecule has 0 spiro atoms. The van der Waals surface area contributed by atoms with Crippen molar-refractivity contribution in [1.29, 1.82) is 0 Å². The summed E-state index contributed by atoms with van der Waals surface area (Å²) >= 11 is 0. The lowest BCUT2D eigenvalue weighted by Gasteiger charge is -2.29. The minimum atomic E-state index is 0.187. The molecule has 2 aromatic rings. The summed E-state index contributed by atoms with van der Waals surface area (Å²) < 4.78 is 2.06. The number of rotatable bonds is 5. The molecular formula is C17H23N5O. The Kier molecular flexibility index (Phi) is 5.05. The van der Waals surface area contributed by atoms with E-state index in [1.54, 1.807) is 6.20 Å². The van der Waals surface area contributed by atoms with Crippen molar-refractivity contribution >= 4 is 5.91 Å². The van der Waals surface area contributed by atoms with Gasteiger partial charge in [0.2, 0.25) is 5.91 Å². The normalized spacial score (nSPS) is 15.1. The van der Waals surface area contributed by atoms with Crippen LogP contribution in [0.15, 0.2) is 42.7 Å². The average molecular weight is 313 g/mol. The topological polar surface area (TPSA) is 53.4 Å². The first kappa shape index (κ1) is 15.7. The number of benzene rings is 1. The maximum Gasteiger partial charge on any atom is 0.236 e. The molecule has 0 saturated carbocycles. The summed E-state index contributed by atoms with van der Waals surface area (Å²) in [6.07, 6.45) is 3.75. The van der Waals surface area contributed by atoms with Crippen molar-refractivity contribution in [3.05, 3.63) is 48.5 Å². The van der Waals surface area contributed by atoms with Gasteiger partial charge in [-0.3, -0.25) is 9.69 Å². The second kappa shape index (κ2) is 7.39. The fourth-order valence-corrected chi connectivity index (χ4v) is 2.82. The van der Waals surface area contributed by atoms with Gasteiger partial charge in [0.05, 0.1) is 13.1 Å². The Hall–Kier alpha value is -2.18. The molecule has 0 unspecified atom stereocenters. The Bertz CT molecular complexity index is 633. The van der Waals surface area contributed by atoms with E-state index >= 15 is 0 Å². The second-order valence-corrected chi connectivity index (χ2v) is 5.85. The molecule has 1 saturated heterocycles. The van der Waals surface area contributed by atoms with Gasteiger partial charge in [0.25, 0.3) is 0 Å². The molecule has 1 N–H and O–H groups in total. The number of amides is 1. The lowest BCUT2D eigenvalue weighted by Crippen LogP contribution is -2.49. The smallest absolute Gasteiger partial charge is 0.236 e. The third-order valence-corrected chi connectivity index (χ3v) is 4.04. The lowest BCUT2D eigenvalue weighted by atomic mass is 10.3. The fraction of sp³-hybridized carbons (Fsp3) is 0.412. The summed E-state index contributed by atoms with van der Waals surface area (Å²) in [6.45, 7) is 4.42. The zero-order valence-corrected chi connectivity index (χ0v) is 13.5. The Morgan fingerprint density at radius 2 is 2.00 bits per heavy atom. The van der Waals surface area contributed by atoms with E-state index in [4.69, 9.17) is 0 Å². The van der Waals surface area contributed by atoms with Gasteiger partial charge < -0.3 is 14.8 Å². The zero-order valence-electron chi connectivity index (χ0n) is 13.5. The van der Waals surface area contributed by atoms with E-state index in [2.05, 4.69) is 27.0 Å². The molecule has 6 heteroatoms. The number of hydrogen-bond donors (Lipinski definition) is 1. The molecule has 0 radical (unpaired) electrons. The molecule has 0 aliphatic carbocycles. The van der Waals surface area contributed by atoms with Crippen LogP contribution in [-0.4, -0.2) is 65.0 Å². The van der Waals surface area contributed by atoms with Gasteiger partial charge in [-0.2, -0.15) is 0 Å². The van der Waals surface area contributed by atoms with Crippen molar-refractivity contribution in [2.24, 2.45) is 0 Å². The van der Waals surface area contributed by atoms with Crippen LogP contribution in [0.25, 0.3) is 5.69 Å². The summed E-state index contributed by atoms with van der Waals surface area (Å²) in [7, 11) is 1.96. The van der Waals surface area contributed by atoms with Gasteiger partial charge in [-0.05, 0) is 19.2 Å². The van der Waals surface area contributed by atoms with Crippen molar-refractivity contribution < 1.29 is 4.79 Å². The molecule has 1 amide bonds. The summed E-state index contributed by atoms with van der Waals surface area (Å²) in [5.74, 6) is 1.12. The highest BCUT2D eigenvalue weighted by Gasteiger charge is 2.18. The minimum absolute atomic E-state index is 0.187. The fourth-order valence-electron chi connectivity index (χ4n) is 2.82. The Morgan fingerprint density at radius 3 is 2.74 bits per heavy atom. The van der Waals surface area contributed by atoms with Crippen molar-refractivity contribution in [2.45, 2.75) is 6.54 Å². The van der Waals surface area contributed by atoms with E-state index in [0.29, 0.717) is 13.1 Å². The van der Waals surface area contributed by atoms with Crippen molar-refractivity contribution in [1.82, 2.24) is 24.7 Å². The molecule has 1 aromatic carbocycles. The third kappa shape index (κ3) is 3.97. The van der Waals surface area contributed by atoms with Crippen LogP contribution in [0.2, 0.25) is 0 Å². The molecule has 1 fully saturated rings. The minimum Gasteiger partial charge on any atom is -0.339 e. The number of carbonyl (C=O) groups is 1. The number of para-hydroxylation sites is 1. The van der Waals surface area contributed by atoms with Crippen LogP contribution in [-0.2, 0) is 11.3 Å². The molecule has 3 rings (SSSR count). The molecule has 1 aliphatic rings. The van der Waals surface area contributed by atoms with E-state index in [9.17, 15) is 4.79 Å². The highest BCUT2D eigenvalue weighted by Crippen LogP contribution is 2.11. The molecule has 23 heavy (non-hydrogen) atoms. The summed E-state index contributed by atoms with van der Waals surface area (Å²) in [5, 5.41) is 3.26. The number of likely N-dealkylation sites (N-methyl/N-ethyl adjacent to an activating group) is 1. The molecule has 1 aromatic heterocycles. The summed E-state index contributed by atoms with van der Waals surface area (Å²) in [6, 6.07) is 10.1. The van der Waals surface area contributed by atoms with Gasteiger partial charge in [0, 0.05) is 44.3 Å². The first-order valence-corrected chi connectivity index (χ1v) is 7.99. The Balaban J connectivity index is 1.61. The van der Waals surface area contributed by atoms with Gasteiger partial charge in [-0.25, -0.2) is 4.98 Å². The first-order valence-electron chi connectivity index (χ1n) is 7.99. The molecule has 122 valence electrons. The van der Waals surface area contributed by atoms with E-state index in [1.165, 1.54) is 0 Å². The van der Waals surface area contributed by atoms with E-state index < -0.39 is 0 Å². The van der Waals surface area contributed by atoms with Crippen LogP contribution >= 0.6 is 0 Å². The predicted molar refractivity (Wildman–Crippen MR) is 89.3 cm³/mol. The molecule has 6 nitrogen and oxygen atoms in total. The average Bonchev–Trinajstić information content (AvgIpc) is 3.04.